The van der Waals surface area contributed by atoms with Gasteiger partial charge in [0.15, 0.2) is 0 Å². The highest BCUT2D eigenvalue weighted by Crippen LogP contribution is 2.56. The molecule has 9 aromatic carbocycles. The molecular weight excluding hydrogens is 609 g/mol. The van der Waals surface area contributed by atoms with Gasteiger partial charge in [0.1, 0.15) is 0 Å². The Bertz CT molecular complexity index is 2610. The summed E-state index contributed by atoms with van der Waals surface area (Å²) in [6.45, 7) is 4.59. The van der Waals surface area contributed by atoms with Gasteiger partial charge >= 0.3 is 0 Å². The summed E-state index contributed by atoms with van der Waals surface area (Å²) in [5.41, 5.74) is 9.73. The van der Waals surface area contributed by atoms with E-state index >= 15 is 0 Å². The van der Waals surface area contributed by atoms with Gasteiger partial charge in [-0.15, -0.1) is 11.3 Å². The van der Waals surface area contributed by atoms with Gasteiger partial charge in [-0.1, -0.05) is 130 Å². The van der Waals surface area contributed by atoms with Crippen LogP contribution in [0.15, 0.2) is 121 Å². The molecule has 49 heavy (non-hydrogen) atoms. The fourth-order valence-electron chi connectivity index (χ4n) is 8.87. The van der Waals surface area contributed by atoms with Crippen LogP contribution in [0.1, 0.15) is 50.7 Å². The van der Waals surface area contributed by atoms with Gasteiger partial charge in [-0.2, -0.15) is 0 Å². The van der Waals surface area contributed by atoms with Crippen molar-refractivity contribution >= 4 is 75.3 Å². The SMILES string of the molecule is CCCCc1ccccc1-c1cc2c3cc(-c4ccccc4)sc3c3cc(-c4ccccc4CCCC)c4ccc5ccc1c1c5c4c3c21. The largest absolute Gasteiger partial charge is 0.135 e. The maximum absolute atomic E-state index is 2.56. The van der Waals surface area contributed by atoms with E-state index in [9.17, 15) is 0 Å². The fraction of sp³-hybridized carbons (Fsp3) is 0.167. The Morgan fingerprint density at radius 3 is 1.57 bits per heavy atom. The summed E-state index contributed by atoms with van der Waals surface area (Å²) in [7, 11) is 0. The lowest BCUT2D eigenvalue weighted by molar-refractivity contribution is 0.796. The number of benzene rings is 8. The number of aryl methyl sites for hydroxylation is 2. The van der Waals surface area contributed by atoms with Crippen molar-refractivity contribution in [2.24, 2.45) is 0 Å². The molecule has 0 spiro atoms. The zero-order valence-electron chi connectivity index (χ0n) is 28.2. The lowest BCUT2D eigenvalue weighted by Gasteiger charge is -2.16. The summed E-state index contributed by atoms with van der Waals surface area (Å²) in [6, 6.07) is 46.5. The number of hydrogen-bond donors (Lipinski definition) is 0. The third kappa shape index (κ3) is 4.22. The van der Waals surface area contributed by atoms with Crippen molar-refractivity contribution < 1.29 is 0 Å². The average molecular weight is 647 g/mol. The molecule has 1 aromatic heterocycles. The summed E-state index contributed by atoms with van der Waals surface area (Å²) in [4.78, 5) is 1.34. The van der Waals surface area contributed by atoms with Gasteiger partial charge in [0.2, 0.25) is 0 Å². The van der Waals surface area contributed by atoms with Gasteiger partial charge in [0.05, 0.1) is 0 Å². The van der Waals surface area contributed by atoms with E-state index < -0.39 is 0 Å². The van der Waals surface area contributed by atoms with Crippen molar-refractivity contribution in [3.05, 3.63) is 132 Å². The fourth-order valence-corrected chi connectivity index (χ4v) is 10.1. The molecule has 0 aliphatic rings. The first-order valence-electron chi connectivity index (χ1n) is 18.1. The van der Waals surface area contributed by atoms with Crippen LogP contribution in [0.3, 0.4) is 0 Å². The Balaban J connectivity index is 1.40. The van der Waals surface area contributed by atoms with Crippen LogP contribution in [0.4, 0.5) is 0 Å². The molecule has 0 saturated carbocycles. The van der Waals surface area contributed by atoms with E-state index in [0.717, 1.165) is 12.8 Å². The maximum Gasteiger partial charge on any atom is 0.0434 e. The number of thiophene rings is 1. The molecule has 0 bridgehead atoms. The van der Waals surface area contributed by atoms with Crippen LogP contribution in [0, 0.1) is 0 Å². The zero-order valence-corrected chi connectivity index (χ0v) is 29.0. The minimum atomic E-state index is 1.11. The van der Waals surface area contributed by atoms with Crippen LogP contribution < -0.4 is 0 Å². The van der Waals surface area contributed by atoms with E-state index in [1.54, 1.807) is 0 Å². The Morgan fingerprint density at radius 1 is 0.429 bits per heavy atom. The summed E-state index contributed by atoms with van der Waals surface area (Å²) in [5.74, 6) is 0. The molecule has 1 heteroatoms. The lowest BCUT2D eigenvalue weighted by atomic mass is 9.88. The summed E-state index contributed by atoms with van der Waals surface area (Å²) >= 11 is 1.97. The van der Waals surface area contributed by atoms with Gasteiger partial charge in [0, 0.05) is 25.7 Å². The molecule has 0 saturated heterocycles. The van der Waals surface area contributed by atoms with Gasteiger partial charge in [-0.3, -0.25) is 0 Å². The molecule has 0 atom stereocenters. The lowest BCUT2D eigenvalue weighted by Crippen LogP contribution is -1.92. The standard InChI is InChI=1S/C48H38S/c1-3-5-14-29-16-10-12-20-33(29)37-26-39-40-28-42(31-18-8-7-9-19-31)49-48(40)41-27-38(34-21-13-11-17-30(34)15-6-4-2)36-25-23-32-22-24-35(37)44-43(32)45(36)47(41)46(39)44/h7-13,16-28H,3-6,14-15H2,1-2H3. The predicted molar refractivity (Wildman–Crippen MR) is 216 cm³/mol. The normalized spacial score (nSPS) is 12.4. The molecule has 0 amide bonds. The Labute approximate surface area is 291 Å². The van der Waals surface area contributed by atoms with E-state index in [0.29, 0.717) is 0 Å². The molecule has 10 aromatic rings. The van der Waals surface area contributed by atoms with E-state index in [4.69, 9.17) is 0 Å². The Hall–Kier alpha value is -4.98. The smallest absolute Gasteiger partial charge is 0.0434 e. The van der Waals surface area contributed by atoms with Crippen molar-refractivity contribution in [3.63, 3.8) is 0 Å². The number of rotatable bonds is 9. The topological polar surface area (TPSA) is 0 Å². The number of fused-ring (bicyclic) bond motifs is 3. The highest BCUT2D eigenvalue weighted by molar-refractivity contribution is 7.23. The summed E-state index contributed by atoms with van der Waals surface area (Å²) in [5, 5.41) is 15.6. The van der Waals surface area contributed by atoms with Crippen LogP contribution in [0.25, 0.3) is 96.6 Å². The average Bonchev–Trinajstić information content (AvgIpc) is 3.77. The quantitative estimate of drug-likeness (QED) is 0.137. The van der Waals surface area contributed by atoms with Crippen LogP contribution in [0.5, 0.6) is 0 Å². The van der Waals surface area contributed by atoms with Crippen LogP contribution >= 0.6 is 11.3 Å². The first-order chi connectivity index (χ1) is 24.2. The molecule has 0 radical (unpaired) electrons. The molecule has 10 rings (SSSR count). The summed E-state index contributed by atoms with van der Waals surface area (Å²) < 4.78 is 1.41. The molecule has 0 unspecified atom stereocenters. The first kappa shape index (κ1) is 29.0. The molecule has 0 aliphatic heterocycles. The van der Waals surface area contributed by atoms with Crippen LogP contribution in [-0.2, 0) is 12.8 Å². The van der Waals surface area contributed by atoms with Gasteiger partial charge < -0.3 is 0 Å². The Morgan fingerprint density at radius 2 is 0.959 bits per heavy atom. The first-order valence-corrected chi connectivity index (χ1v) is 19.0. The molecule has 236 valence electrons. The minimum Gasteiger partial charge on any atom is -0.135 e. The molecule has 0 fully saturated rings. The number of hydrogen-bond acceptors (Lipinski definition) is 1. The third-order valence-electron chi connectivity index (χ3n) is 11.2. The van der Waals surface area contributed by atoms with Crippen molar-refractivity contribution in [3.8, 4) is 32.7 Å². The monoisotopic (exact) mass is 646 g/mol. The van der Waals surface area contributed by atoms with E-state index in [1.807, 2.05) is 11.3 Å². The number of unbranched alkanes of at least 4 members (excludes halogenated alkanes) is 2. The van der Waals surface area contributed by atoms with Crippen molar-refractivity contribution in [2.75, 3.05) is 0 Å². The third-order valence-corrected chi connectivity index (χ3v) is 12.4. The zero-order chi connectivity index (χ0) is 32.6. The molecule has 0 aliphatic carbocycles. The molecule has 1 heterocycles. The van der Waals surface area contributed by atoms with E-state index in [-0.39, 0.29) is 0 Å². The van der Waals surface area contributed by atoms with E-state index in [2.05, 4.69) is 135 Å². The second kappa shape index (κ2) is 11.3. The van der Waals surface area contributed by atoms with Crippen LogP contribution in [0.2, 0.25) is 0 Å². The molecule has 0 N–H and O–H groups in total. The Kier molecular flexibility index (Phi) is 6.68. The molecule has 0 nitrogen and oxygen atoms in total. The van der Waals surface area contributed by atoms with Crippen molar-refractivity contribution in [2.45, 2.75) is 52.4 Å². The van der Waals surface area contributed by atoms with Crippen LogP contribution in [-0.4, -0.2) is 0 Å². The molecular formula is C48H38S. The summed E-state index contributed by atoms with van der Waals surface area (Å²) in [6.07, 6.45) is 7.02. The van der Waals surface area contributed by atoms with Gasteiger partial charge in [-0.25, -0.2) is 0 Å². The van der Waals surface area contributed by atoms with Crippen molar-refractivity contribution in [1.29, 1.82) is 0 Å². The van der Waals surface area contributed by atoms with Crippen molar-refractivity contribution in [1.82, 2.24) is 0 Å². The highest BCUT2D eigenvalue weighted by Gasteiger charge is 2.27. The predicted octanol–water partition coefficient (Wildman–Crippen LogP) is 14.7. The van der Waals surface area contributed by atoms with Gasteiger partial charge in [-0.05, 0) is 126 Å². The minimum absolute atomic E-state index is 1.11. The van der Waals surface area contributed by atoms with Gasteiger partial charge in [0.25, 0.3) is 0 Å². The van der Waals surface area contributed by atoms with E-state index in [1.165, 1.54) is 133 Å². The second-order valence-corrected chi connectivity index (χ2v) is 15.1. The second-order valence-electron chi connectivity index (χ2n) is 14.0. The highest BCUT2D eigenvalue weighted by atomic mass is 32.1. The maximum atomic E-state index is 2.56.